The molecule has 0 N–H and O–H groups in total. The molecular weight excluding hydrogens is 414 g/mol. The number of hydrogen-bond acceptors (Lipinski definition) is 7. The van der Waals surface area contributed by atoms with E-state index in [1.54, 1.807) is 41.3 Å². The summed E-state index contributed by atoms with van der Waals surface area (Å²) in [6.45, 7) is 6.04. The van der Waals surface area contributed by atoms with Crippen LogP contribution in [0.2, 0.25) is 0 Å². The highest BCUT2D eigenvalue weighted by Crippen LogP contribution is 2.30. The molecule has 0 saturated carbocycles. The first-order valence-corrected chi connectivity index (χ1v) is 10.6. The Morgan fingerprint density at radius 2 is 1.56 bits per heavy atom. The fraction of sp³-hybridized carbons (Fsp3) is 0.375. The van der Waals surface area contributed by atoms with Crippen molar-refractivity contribution in [3.63, 3.8) is 0 Å². The first-order valence-electron chi connectivity index (χ1n) is 10.6. The van der Waals surface area contributed by atoms with E-state index in [4.69, 9.17) is 18.9 Å². The highest BCUT2D eigenvalue weighted by Gasteiger charge is 2.23. The summed E-state index contributed by atoms with van der Waals surface area (Å²) < 4.78 is 21.6. The first kappa shape index (κ1) is 23.3. The zero-order chi connectivity index (χ0) is 22.9. The number of carbonyl (C=O) groups is 3. The van der Waals surface area contributed by atoms with Gasteiger partial charge in [-0.2, -0.15) is 0 Å². The van der Waals surface area contributed by atoms with Crippen LogP contribution >= 0.6 is 0 Å². The smallest absolute Gasteiger partial charge is 0.339 e. The Morgan fingerprint density at radius 3 is 2.25 bits per heavy atom. The Bertz CT molecular complexity index is 967. The highest BCUT2D eigenvalue weighted by molar-refractivity contribution is 6.14. The Labute approximate surface area is 187 Å². The van der Waals surface area contributed by atoms with Crippen molar-refractivity contribution in [2.75, 3.05) is 46.1 Å². The number of morpholine rings is 1. The largest absolute Gasteiger partial charge is 0.490 e. The van der Waals surface area contributed by atoms with Gasteiger partial charge in [-0.05, 0) is 38.1 Å². The van der Waals surface area contributed by atoms with E-state index in [0.717, 1.165) is 0 Å². The molecule has 1 amide bonds. The minimum absolute atomic E-state index is 0.0964. The molecule has 0 radical (unpaired) electrons. The maximum Gasteiger partial charge on any atom is 0.339 e. The Kier molecular flexibility index (Phi) is 8.21. The van der Waals surface area contributed by atoms with Crippen molar-refractivity contribution in [3.8, 4) is 11.5 Å². The molecule has 8 nitrogen and oxygen atoms in total. The van der Waals surface area contributed by atoms with E-state index in [1.807, 2.05) is 13.8 Å². The predicted molar refractivity (Wildman–Crippen MR) is 116 cm³/mol. The van der Waals surface area contributed by atoms with Crippen LogP contribution in [0.1, 0.15) is 40.1 Å². The summed E-state index contributed by atoms with van der Waals surface area (Å²) in [4.78, 5) is 39.7. The average Bonchev–Trinajstić information content (AvgIpc) is 2.83. The summed E-state index contributed by atoms with van der Waals surface area (Å²) in [5, 5.41) is 0. The van der Waals surface area contributed by atoms with Crippen LogP contribution in [0.3, 0.4) is 0 Å². The minimum Gasteiger partial charge on any atom is -0.490 e. The number of ether oxygens (including phenoxy) is 4. The van der Waals surface area contributed by atoms with Crippen molar-refractivity contribution in [1.29, 1.82) is 0 Å². The molecule has 8 heteroatoms. The lowest BCUT2D eigenvalue weighted by molar-refractivity contribution is -0.138. The van der Waals surface area contributed by atoms with Gasteiger partial charge < -0.3 is 23.8 Å². The van der Waals surface area contributed by atoms with Crippen LogP contribution in [0.5, 0.6) is 11.5 Å². The van der Waals surface area contributed by atoms with Gasteiger partial charge in [-0.1, -0.05) is 18.2 Å². The Hall–Kier alpha value is -3.39. The topological polar surface area (TPSA) is 91.4 Å². The third kappa shape index (κ3) is 5.64. The van der Waals surface area contributed by atoms with Gasteiger partial charge in [0.25, 0.3) is 5.91 Å². The van der Waals surface area contributed by atoms with Crippen molar-refractivity contribution in [2.24, 2.45) is 0 Å². The van der Waals surface area contributed by atoms with E-state index in [1.165, 1.54) is 6.07 Å². The second kappa shape index (κ2) is 11.3. The van der Waals surface area contributed by atoms with E-state index in [9.17, 15) is 14.4 Å². The van der Waals surface area contributed by atoms with Crippen LogP contribution in [-0.2, 0) is 14.3 Å². The molecule has 1 saturated heterocycles. The fourth-order valence-corrected chi connectivity index (χ4v) is 3.32. The summed E-state index contributed by atoms with van der Waals surface area (Å²) in [6, 6.07) is 11.3. The van der Waals surface area contributed by atoms with Gasteiger partial charge in [0.2, 0.25) is 0 Å². The number of carbonyl (C=O) groups excluding carboxylic acids is 3. The Morgan fingerprint density at radius 1 is 0.906 bits per heavy atom. The number of benzene rings is 2. The first-order chi connectivity index (χ1) is 15.5. The maximum atomic E-state index is 13.2. The van der Waals surface area contributed by atoms with Gasteiger partial charge in [-0.15, -0.1) is 0 Å². The fourth-order valence-electron chi connectivity index (χ4n) is 3.32. The quantitative estimate of drug-likeness (QED) is 0.436. The zero-order valence-corrected chi connectivity index (χ0v) is 18.3. The zero-order valence-electron chi connectivity index (χ0n) is 18.3. The molecule has 1 aliphatic rings. The monoisotopic (exact) mass is 441 g/mol. The number of amides is 1. The van der Waals surface area contributed by atoms with Crippen molar-refractivity contribution in [1.82, 2.24) is 4.90 Å². The molecule has 0 spiro atoms. The molecule has 2 aromatic carbocycles. The van der Waals surface area contributed by atoms with Gasteiger partial charge >= 0.3 is 5.97 Å². The van der Waals surface area contributed by atoms with Crippen molar-refractivity contribution >= 4 is 17.7 Å². The third-order valence-corrected chi connectivity index (χ3v) is 4.89. The van der Waals surface area contributed by atoms with Crippen LogP contribution < -0.4 is 9.47 Å². The van der Waals surface area contributed by atoms with Gasteiger partial charge in [-0.3, -0.25) is 9.59 Å². The van der Waals surface area contributed by atoms with E-state index in [-0.39, 0.29) is 29.4 Å². The van der Waals surface area contributed by atoms with E-state index in [2.05, 4.69) is 0 Å². The molecule has 3 rings (SSSR count). The van der Waals surface area contributed by atoms with Gasteiger partial charge in [0, 0.05) is 24.2 Å². The van der Waals surface area contributed by atoms with Crippen molar-refractivity contribution in [3.05, 3.63) is 59.2 Å². The molecule has 0 unspecified atom stereocenters. The van der Waals surface area contributed by atoms with Crippen LogP contribution in [0.15, 0.2) is 42.5 Å². The number of nitrogens with zero attached hydrogens (tertiary/aromatic N) is 1. The van der Waals surface area contributed by atoms with Crippen LogP contribution in [0.25, 0.3) is 0 Å². The molecule has 32 heavy (non-hydrogen) atoms. The van der Waals surface area contributed by atoms with Gasteiger partial charge in [0.05, 0.1) is 32.0 Å². The average molecular weight is 441 g/mol. The number of esters is 1. The maximum absolute atomic E-state index is 13.2. The second-order valence-corrected chi connectivity index (χ2v) is 6.97. The van der Waals surface area contributed by atoms with Crippen LogP contribution in [0.4, 0.5) is 0 Å². The van der Waals surface area contributed by atoms with Crippen molar-refractivity contribution in [2.45, 2.75) is 13.8 Å². The van der Waals surface area contributed by atoms with Crippen LogP contribution in [0, 0.1) is 0 Å². The summed E-state index contributed by atoms with van der Waals surface area (Å²) >= 11 is 0. The molecule has 1 fully saturated rings. The number of rotatable bonds is 9. The summed E-state index contributed by atoms with van der Waals surface area (Å²) in [7, 11) is 0. The molecule has 1 aliphatic heterocycles. The normalized spacial score (nSPS) is 13.4. The van der Waals surface area contributed by atoms with E-state index >= 15 is 0 Å². The Balaban J connectivity index is 1.76. The number of hydrogen-bond donors (Lipinski definition) is 0. The summed E-state index contributed by atoms with van der Waals surface area (Å²) in [5.41, 5.74) is 0.628. The molecule has 170 valence electrons. The van der Waals surface area contributed by atoms with E-state index < -0.39 is 5.97 Å². The van der Waals surface area contributed by atoms with Crippen LogP contribution in [-0.4, -0.2) is 68.7 Å². The van der Waals surface area contributed by atoms with Gasteiger partial charge in [0.1, 0.15) is 0 Å². The van der Waals surface area contributed by atoms with Crippen molar-refractivity contribution < 1.29 is 33.3 Å². The minimum atomic E-state index is -0.730. The SMILES string of the molecule is CCOc1ccc(C(=O)c2ccccc2C(=O)OCC(=O)N2CCOCC2)cc1OCC. The van der Waals surface area contributed by atoms with E-state index in [0.29, 0.717) is 56.6 Å². The molecule has 0 aliphatic carbocycles. The lowest BCUT2D eigenvalue weighted by atomic mass is 9.98. The standard InChI is InChI=1S/C24H27NO7/c1-3-30-20-10-9-17(15-21(20)31-4-2)23(27)18-7-5-6-8-19(18)24(28)32-16-22(26)25-11-13-29-14-12-25/h5-10,15H,3-4,11-14,16H2,1-2H3. The second-order valence-electron chi connectivity index (χ2n) is 6.97. The predicted octanol–water partition coefficient (Wildman–Crippen LogP) is 2.73. The molecule has 1 heterocycles. The lowest BCUT2D eigenvalue weighted by Gasteiger charge is -2.26. The molecule has 0 aromatic heterocycles. The molecule has 0 bridgehead atoms. The third-order valence-electron chi connectivity index (χ3n) is 4.89. The summed E-state index contributed by atoms with van der Waals surface area (Å²) in [6.07, 6.45) is 0. The van der Waals surface area contributed by atoms with Gasteiger partial charge in [0.15, 0.2) is 23.9 Å². The lowest BCUT2D eigenvalue weighted by Crippen LogP contribution is -2.42. The molecule has 2 aromatic rings. The highest BCUT2D eigenvalue weighted by atomic mass is 16.5. The summed E-state index contributed by atoms with van der Waals surface area (Å²) in [5.74, 6) is -0.387. The molecular formula is C24H27NO7. The number of ketones is 1. The molecule has 0 atom stereocenters. The van der Waals surface area contributed by atoms with Gasteiger partial charge in [-0.25, -0.2) is 4.79 Å².